The Balaban J connectivity index is 2.20. The minimum absolute atomic E-state index is 1.33. The fourth-order valence-electron chi connectivity index (χ4n) is 2.07. The molecule has 16 heavy (non-hydrogen) atoms. The van der Waals surface area contributed by atoms with Crippen LogP contribution in [0.4, 0.5) is 0 Å². The largest absolute Gasteiger partial charge is 0.0716 e. The van der Waals surface area contributed by atoms with E-state index < -0.39 is 0 Å². The highest BCUT2D eigenvalue weighted by Gasteiger charge is 2.15. The van der Waals surface area contributed by atoms with Crippen LogP contribution in [0.25, 0.3) is 16.7 Å². The maximum absolute atomic E-state index is 2.20. The summed E-state index contributed by atoms with van der Waals surface area (Å²) in [4.78, 5) is 0. The number of allylic oxidation sites excluding steroid dienone is 2. The Morgan fingerprint density at radius 1 is 0.688 bits per heavy atom. The molecule has 1 radical (unpaired) electrons. The van der Waals surface area contributed by atoms with E-state index in [0.29, 0.717) is 0 Å². The lowest BCUT2D eigenvalue weighted by Gasteiger charge is -2.09. The second-order valence-electron chi connectivity index (χ2n) is 4.15. The molecule has 0 bridgehead atoms. The van der Waals surface area contributed by atoms with Crippen LogP contribution in [-0.4, -0.2) is 0 Å². The van der Waals surface area contributed by atoms with Gasteiger partial charge in [-0.1, -0.05) is 54.6 Å². The smallest absolute Gasteiger partial charge is 0.0131 e. The highest BCUT2D eigenvalue weighted by molar-refractivity contribution is 5.94. The Labute approximate surface area is 96.3 Å². The predicted molar refractivity (Wildman–Crippen MR) is 68.9 cm³/mol. The molecule has 0 fully saturated rings. The molecule has 0 nitrogen and oxygen atoms in total. The van der Waals surface area contributed by atoms with Crippen LogP contribution in [0.3, 0.4) is 0 Å². The van der Waals surface area contributed by atoms with Crippen molar-refractivity contribution in [1.82, 2.24) is 0 Å². The fourth-order valence-corrected chi connectivity index (χ4v) is 2.07. The molecule has 1 aliphatic carbocycles. The second-order valence-corrected chi connectivity index (χ2v) is 4.15. The molecule has 0 unspecified atom stereocenters. The van der Waals surface area contributed by atoms with Gasteiger partial charge in [-0.3, -0.25) is 0 Å². The van der Waals surface area contributed by atoms with E-state index in [2.05, 4.69) is 68.0 Å². The van der Waals surface area contributed by atoms with E-state index >= 15 is 0 Å². The summed E-state index contributed by atoms with van der Waals surface area (Å²) in [7, 11) is 0. The number of aryl methyl sites for hydroxylation is 1. The van der Waals surface area contributed by atoms with Crippen molar-refractivity contribution >= 4 is 5.57 Å². The van der Waals surface area contributed by atoms with Gasteiger partial charge in [0.2, 0.25) is 0 Å². The first kappa shape index (κ1) is 9.41. The molecule has 0 saturated heterocycles. The first-order valence-electron chi connectivity index (χ1n) is 5.57. The van der Waals surface area contributed by atoms with Crippen LogP contribution in [0.1, 0.15) is 11.1 Å². The summed E-state index contributed by atoms with van der Waals surface area (Å²) in [5.41, 5.74) is 6.70. The van der Waals surface area contributed by atoms with E-state index in [9.17, 15) is 0 Å². The van der Waals surface area contributed by atoms with Gasteiger partial charge < -0.3 is 0 Å². The summed E-state index contributed by atoms with van der Waals surface area (Å²) in [6, 6.07) is 17.1. The minimum atomic E-state index is 1.33. The molecule has 0 amide bonds. The summed E-state index contributed by atoms with van der Waals surface area (Å²) < 4.78 is 0. The van der Waals surface area contributed by atoms with Gasteiger partial charge in [0, 0.05) is 6.42 Å². The van der Waals surface area contributed by atoms with Crippen molar-refractivity contribution in [3.63, 3.8) is 0 Å². The maximum atomic E-state index is 2.20. The summed E-state index contributed by atoms with van der Waals surface area (Å²) in [5.74, 6) is 0. The molecule has 0 N–H and O–H groups in total. The number of rotatable bonds is 2. The van der Waals surface area contributed by atoms with Crippen LogP contribution in [0, 0.1) is 13.3 Å². The predicted octanol–water partition coefficient (Wildman–Crippen LogP) is 4.26. The van der Waals surface area contributed by atoms with E-state index in [-0.39, 0.29) is 0 Å². The Morgan fingerprint density at radius 3 is 1.88 bits per heavy atom. The molecule has 1 aliphatic rings. The fraction of sp³-hybridized carbons (Fsp3) is 0.0625. The van der Waals surface area contributed by atoms with E-state index in [1.54, 1.807) is 0 Å². The number of benzene rings is 2. The molecule has 3 rings (SSSR count). The van der Waals surface area contributed by atoms with Gasteiger partial charge in [0.1, 0.15) is 0 Å². The van der Waals surface area contributed by atoms with Crippen molar-refractivity contribution in [3.8, 4) is 11.1 Å². The monoisotopic (exact) mass is 205 g/mol. The van der Waals surface area contributed by atoms with E-state index in [4.69, 9.17) is 0 Å². The van der Waals surface area contributed by atoms with Gasteiger partial charge in [0.25, 0.3) is 0 Å². The van der Waals surface area contributed by atoms with Gasteiger partial charge in [-0.25, -0.2) is 0 Å². The van der Waals surface area contributed by atoms with Crippen molar-refractivity contribution < 1.29 is 0 Å². The molecule has 0 saturated carbocycles. The lowest BCUT2D eigenvalue weighted by molar-refractivity contribution is 1.45. The zero-order valence-corrected chi connectivity index (χ0v) is 9.27. The molecule has 0 spiro atoms. The zero-order chi connectivity index (χ0) is 11.0. The molecule has 0 atom stereocenters. The molecule has 2 aromatic rings. The molecule has 2 aromatic carbocycles. The zero-order valence-electron chi connectivity index (χ0n) is 9.27. The molecule has 77 valence electrons. The lowest BCUT2D eigenvalue weighted by Crippen LogP contribution is -1.86. The van der Waals surface area contributed by atoms with Crippen LogP contribution in [0.15, 0.2) is 54.6 Å². The lowest BCUT2D eigenvalue weighted by atomic mass is 9.95. The van der Waals surface area contributed by atoms with Gasteiger partial charge >= 0.3 is 0 Å². The van der Waals surface area contributed by atoms with E-state index in [1.807, 2.05) is 0 Å². The minimum Gasteiger partial charge on any atom is -0.0716 e. The first-order chi connectivity index (χ1) is 7.86. The quantitative estimate of drug-likeness (QED) is 0.687. The number of hydrogen-bond acceptors (Lipinski definition) is 0. The van der Waals surface area contributed by atoms with Gasteiger partial charge in [-0.05, 0) is 34.8 Å². The highest BCUT2D eigenvalue weighted by atomic mass is 14.2. The van der Waals surface area contributed by atoms with Crippen LogP contribution < -0.4 is 0 Å². The molecule has 0 aliphatic heterocycles. The van der Waals surface area contributed by atoms with E-state index in [1.165, 1.54) is 27.8 Å². The van der Waals surface area contributed by atoms with Gasteiger partial charge in [0.15, 0.2) is 0 Å². The Kier molecular flexibility index (Phi) is 2.14. The Morgan fingerprint density at radius 2 is 1.25 bits per heavy atom. The van der Waals surface area contributed by atoms with Gasteiger partial charge in [-0.15, -0.1) is 0 Å². The Hall–Kier alpha value is -1.82. The SMILES string of the molecule is Cc1ccccc1-c1ccccc1C1=C[CH]1. The van der Waals surface area contributed by atoms with Crippen LogP contribution in [-0.2, 0) is 0 Å². The van der Waals surface area contributed by atoms with Crippen LogP contribution >= 0.6 is 0 Å². The summed E-state index contributed by atoms with van der Waals surface area (Å²) in [6.45, 7) is 2.16. The molecule has 0 heterocycles. The summed E-state index contributed by atoms with van der Waals surface area (Å²) in [5, 5.41) is 0. The molecular weight excluding hydrogens is 192 g/mol. The second kappa shape index (κ2) is 3.64. The normalized spacial score (nSPS) is 13.4. The third-order valence-corrected chi connectivity index (χ3v) is 3.01. The molecular formula is C16H13. The van der Waals surface area contributed by atoms with Crippen molar-refractivity contribution in [2.45, 2.75) is 6.92 Å². The third-order valence-electron chi connectivity index (χ3n) is 3.01. The van der Waals surface area contributed by atoms with Crippen molar-refractivity contribution in [2.24, 2.45) is 0 Å². The standard InChI is InChI=1S/C16H13/c1-12-6-2-3-7-14(12)16-9-5-4-8-15(16)13-10-11-13/h2-11H,1H3. The van der Waals surface area contributed by atoms with Crippen molar-refractivity contribution in [2.75, 3.05) is 0 Å². The third kappa shape index (κ3) is 1.57. The first-order valence-corrected chi connectivity index (χ1v) is 5.57. The summed E-state index contributed by atoms with van der Waals surface area (Å²) >= 11 is 0. The topological polar surface area (TPSA) is 0 Å². The van der Waals surface area contributed by atoms with Gasteiger partial charge in [-0.2, -0.15) is 0 Å². The number of hydrogen-bond donors (Lipinski definition) is 0. The average Bonchev–Trinajstić information content (AvgIpc) is 3.14. The highest BCUT2D eigenvalue weighted by Crippen LogP contribution is 2.37. The van der Waals surface area contributed by atoms with Crippen LogP contribution in [0.2, 0.25) is 0 Å². The maximum Gasteiger partial charge on any atom is 0.0131 e. The molecule has 0 aromatic heterocycles. The van der Waals surface area contributed by atoms with E-state index in [0.717, 1.165) is 0 Å². The Bertz CT molecular complexity index is 562. The average molecular weight is 205 g/mol. The van der Waals surface area contributed by atoms with Crippen molar-refractivity contribution in [3.05, 3.63) is 72.2 Å². The molecule has 0 heteroatoms. The summed E-state index contributed by atoms with van der Waals surface area (Å²) in [6.07, 6.45) is 4.33. The van der Waals surface area contributed by atoms with Crippen molar-refractivity contribution in [1.29, 1.82) is 0 Å². The van der Waals surface area contributed by atoms with Gasteiger partial charge in [0.05, 0.1) is 0 Å². The van der Waals surface area contributed by atoms with Crippen LogP contribution in [0.5, 0.6) is 0 Å².